The van der Waals surface area contributed by atoms with Crippen molar-refractivity contribution in [1.29, 1.82) is 0 Å². The minimum absolute atomic E-state index is 0.133. The lowest BCUT2D eigenvalue weighted by Gasteiger charge is -2.11. The van der Waals surface area contributed by atoms with Crippen LogP contribution in [0.4, 0.5) is 5.69 Å². The van der Waals surface area contributed by atoms with Crippen LogP contribution >= 0.6 is 23.4 Å². The number of aromatic nitrogens is 1. The molecule has 3 aromatic rings. The third-order valence-corrected chi connectivity index (χ3v) is 6.31. The number of carbonyl (C=O) groups is 1. The highest BCUT2D eigenvalue weighted by atomic mass is 35.5. The van der Waals surface area contributed by atoms with Crippen molar-refractivity contribution in [1.82, 2.24) is 9.88 Å². The van der Waals surface area contributed by atoms with Gasteiger partial charge in [-0.25, -0.2) is 4.99 Å². The highest BCUT2D eigenvalue weighted by molar-refractivity contribution is 8.18. The molecule has 0 aliphatic carbocycles. The quantitative estimate of drug-likeness (QED) is 0.496. The number of aryl methyl sites for hydroxylation is 2. The van der Waals surface area contributed by atoms with Crippen LogP contribution in [0.3, 0.4) is 0 Å². The zero-order valence-corrected chi connectivity index (χ0v) is 18.6. The topological polar surface area (TPSA) is 46.4 Å². The summed E-state index contributed by atoms with van der Waals surface area (Å²) in [5.74, 6) is -0.133. The molecule has 0 atom stereocenters. The van der Waals surface area contributed by atoms with Gasteiger partial charge in [0.2, 0.25) is 0 Å². The van der Waals surface area contributed by atoms with Crippen LogP contribution in [0.5, 0.6) is 0 Å². The molecule has 4 rings (SSSR count). The molecule has 0 radical (unpaired) electrons. The fourth-order valence-electron chi connectivity index (χ4n) is 3.48. The van der Waals surface area contributed by atoms with E-state index in [-0.39, 0.29) is 5.91 Å². The van der Waals surface area contributed by atoms with E-state index in [4.69, 9.17) is 11.6 Å². The number of hydrogen-bond acceptors (Lipinski definition) is 3. The molecule has 2 aromatic carbocycles. The Hall–Kier alpha value is -2.76. The van der Waals surface area contributed by atoms with Gasteiger partial charge < -0.3 is 9.88 Å². The predicted octanol–water partition coefficient (Wildman–Crippen LogP) is 6.20. The standard InChI is InChI=1S/C24H22ClN3OS/c1-4-17-9-11-19(12-10-17)26-24-27-23(29)22(30-24)14-18-13-15(2)28(16(18)3)21-8-6-5-7-20(21)25/h5-14H,4H2,1-3H3,(H,26,27,29)/b22-14-. The Morgan fingerprint density at radius 2 is 1.87 bits per heavy atom. The second-order valence-electron chi connectivity index (χ2n) is 7.12. The van der Waals surface area contributed by atoms with Crippen molar-refractivity contribution in [2.24, 2.45) is 4.99 Å². The molecule has 30 heavy (non-hydrogen) atoms. The van der Waals surface area contributed by atoms with Gasteiger partial charge >= 0.3 is 0 Å². The molecule has 0 bridgehead atoms. The Morgan fingerprint density at radius 1 is 1.13 bits per heavy atom. The number of nitrogens with zero attached hydrogens (tertiary/aromatic N) is 2. The van der Waals surface area contributed by atoms with E-state index >= 15 is 0 Å². The van der Waals surface area contributed by atoms with Crippen molar-refractivity contribution >= 4 is 46.2 Å². The molecular formula is C24H22ClN3OS. The lowest BCUT2D eigenvalue weighted by atomic mass is 10.2. The van der Waals surface area contributed by atoms with Crippen LogP contribution in [0, 0.1) is 13.8 Å². The minimum atomic E-state index is -0.133. The summed E-state index contributed by atoms with van der Waals surface area (Å²) in [6.07, 6.45) is 2.90. The molecule has 0 unspecified atom stereocenters. The van der Waals surface area contributed by atoms with Gasteiger partial charge in [0.05, 0.1) is 21.3 Å². The molecule has 1 amide bonds. The number of carbonyl (C=O) groups excluding carboxylic acids is 1. The van der Waals surface area contributed by atoms with Gasteiger partial charge in [-0.3, -0.25) is 4.79 Å². The summed E-state index contributed by atoms with van der Waals surface area (Å²) in [4.78, 5) is 17.7. The maximum Gasteiger partial charge on any atom is 0.264 e. The Labute approximate surface area is 185 Å². The third-order valence-electron chi connectivity index (χ3n) is 5.08. The fourth-order valence-corrected chi connectivity index (χ4v) is 4.54. The van der Waals surface area contributed by atoms with Crippen molar-refractivity contribution in [3.8, 4) is 5.69 Å². The smallest absolute Gasteiger partial charge is 0.264 e. The first kappa shape index (κ1) is 20.5. The second-order valence-corrected chi connectivity index (χ2v) is 8.55. The number of amidine groups is 1. The van der Waals surface area contributed by atoms with E-state index < -0.39 is 0 Å². The second kappa shape index (κ2) is 8.54. The largest absolute Gasteiger partial charge is 0.316 e. The normalized spacial score (nSPS) is 16.5. The van der Waals surface area contributed by atoms with E-state index in [0.29, 0.717) is 15.1 Å². The van der Waals surface area contributed by atoms with Gasteiger partial charge in [0, 0.05) is 11.4 Å². The van der Waals surface area contributed by atoms with Crippen LogP contribution in [0.25, 0.3) is 11.8 Å². The van der Waals surface area contributed by atoms with E-state index in [9.17, 15) is 4.79 Å². The first-order valence-electron chi connectivity index (χ1n) is 9.78. The lowest BCUT2D eigenvalue weighted by Crippen LogP contribution is -2.19. The minimum Gasteiger partial charge on any atom is -0.316 e. The van der Waals surface area contributed by atoms with Crippen molar-refractivity contribution in [3.05, 3.63) is 87.0 Å². The summed E-state index contributed by atoms with van der Waals surface area (Å²) in [5.41, 5.74) is 6.09. The summed E-state index contributed by atoms with van der Waals surface area (Å²) in [7, 11) is 0. The molecule has 152 valence electrons. The molecule has 1 saturated heterocycles. The van der Waals surface area contributed by atoms with Crippen molar-refractivity contribution in [3.63, 3.8) is 0 Å². The molecule has 0 spiro atoms. The van der Waals surface area contributed by atoms with Crippen LogP contribution < -0.4 is 5.32 Å². The number of para-hydroxylation sites is 1. The van der Waals surface area contributed by atoms with Gasteiger partial charge in [-0.2, -0.15) is 0 Å². The summed E-state index contributed by atoms with van der Waals surface area (Å²) >= 11 is 7.76. The molecule has 1 aliphatic rings. The molecule has 2 heterocycles. The summed E-state index contributed by atoms with van der Waals surface area (Å²) in [5, 5.41) is 4.14. The number of hydrogen-bond donors (Lipinski definition) is 1. The van der Waals surface area contributed by atoms with Gasteiger partial charge in [-0.15, -0.1) is 0 Å². The number of aliphatic imine (C=N–C) groups is 1. The van der Waals surface area contributed by atoms with Crippen molar-refractivity contribution in [2.45, 2.75) is 27.2 Å². The number of rotatable bonds is 4. The predicted molar refractivity (Wildman–Crippen MR) is 127 cm³/mol. The zero-order chi connectivity index (χ0) is 21.3. The average Bonchev–Trinajstić information content (AvgIpc) is 3.21. The molecule has 1 aliphatic heterocycles. The van der Waals surface area contributed by atoms with Crippen LogP contribution in [0.1, 0.15) is 29.4 Å². The van der Waals surface area contributed by atoms with Crippen LogP contribution in [0.15, 0.2) is 64.5 Å². The maximum atomic E-state index is 12.5. The third kappa shape index (κ3) is 4.09. The Kier molecular flexibility index (Phi) is 5.84. The highest BCUT2D eigenvalue weighted by Gasteiger charge is 2.24. The summed E-state index contributed by atoms with van der Waals surface area (Å²) in [6, 6.07) is 17.9. The summed E-state index contributed by atoms with van der Waals surface area (Å²) in [6.45, 7) is 6.19. The monoisotopic (exact) mass is 435 g/mol. The molecule has 0 saturated carbocycles. The number of amides is 1. The van der Waals surface area contributed by atoms with Crippen LogP contribution in [-0.4, -0.2) is 15.6 Å². The molecule has 4 nitrogen and oxygen atoms in total. The van der Waals surface area contributed by atoms with Gasteiger partial charge in [0.15, 0.2) is 5.17 Å². The van der Waals surface area contributed by atoms with Crippen molar-refractivity contribution in [2.75, 3.05) is 0 Å². The van der Waals surface area contributed by atoms with E-state index in [1.54, 1.807) is 0 Å². The molecule has 1 fully saturated rings. The molecule has 1 aromatic heterocycles. The zero-order valence-electron chi connectivity index (χ0n) is 17.1. The molecule has 1 N–H and O–H groups in total. The maximum absolute atomic E-state index is 12.5. The van der Waals surface area contributed by atoms with Crippen LogP contribution in [-0.2, 0) is 11.2 Å². The SMILES string of the molecule is CCc1ccc(N=C2NC(=O)/C(=C/c3cc(C)n(-c4ccccc4Cl)c3C)S2)cc1. The Balaban J connectivity index is 1.62. The van der Waals surface area contributed by atoms with Gasteiger partial charge in [0.1, 0.15) is 0 Å². The lowest BCUT2D eigenvalue weighted by molar-refractivity contribution is -0.115. The Morgan fingerprint density at radius 3 is 2.57 bits per heavy atom. The average molecular weight is 436 g/mol. The first-order valence-corrected chi connectivity index (χ1v) is 11.0. The van der Waals surface area contributed by atoms with Gasteiger partial charge in [-0.05, 0) is 79.6 Å². The summed E-state index contributed by atoms with van der Waals surface area (Å²) < 4.78 is 2.11. The molecular weight excluding hydrogens is 414 g/mol. The number of nitrogens with one attached hydrogen (secondary N) is 1. The molecule has 6 heteroatoms. The van der Waals surface area contributed by atoms with E-state index in [2.05, 4.69) is 40.0 Å². The van der Waals surface area contributed by atoms with Crippen LogP contribution in [0.2, 0.25) is 5.02 Å². The number of benzene rings is 2. The fraction of sp³-hybridized carbons (Fsp3) is 0.167. The van der Waals surface area contributed by atoms with E-state index in [1.807, 2.05) is 56.3 Å². The van der Waals surface area contributed by atoms with E-state index in [1.165, 1.54) is 17.3 Å². The number of thioether (sulfide) groups is 1. The van der Waals surface area contributed by atoms with Crippen molar-refractivity contribution < 1.29 is 4.79 Å². The van der Waals surface area contributed by atoms with Gasteiger partial charge in [0.25, 0.3) is 5.91 Å². The first-order chi connectivity index (χ1) is 14.5. The number of halogens is 1. The van der Waals surface area contributed by atoms with Gasteiger partial charge in [-0.1, -0.05) is 42.8 Å². The highest BCUT2D eigenvalue weighted by Crippen LogP contribution is 2.31. The van der Waals surface area contributed by atoms with E-state index in [0.717, 1.165) is 34.7 Å². The Bertz CT molecular complexity index is 1180.